The van der Waals surface area contributed by atoms with E-state index in [-0.39, 0.29) is 11.5 Å². The lowest BCUT2D eigenvalue weighted by atomic mass is 9.72. The van der Waals surface area contributed by atoms with Crippen molar-refractivity contribution >= 4 is 0 Å². The molecule has 1 rings (SSSR count). The van der Waals surface area contributed by atoms with Gasteiger partial charge in [-0.2, -0.15) is 0 Å². The van der Waals surface area contributed by atoms with Gasteiger partial charge in [-0.3, -0.25) is 0 Å². The molecule has 1 aliphatic rings. The molecule has 0 bridgehead atoms. The Morgan fingerprint density at radius 3 is 2.40 bits per heavy atom. The summed E-state index contributed by atoms with van der Waals surface area (Å²) in [6.07, 6.45) is 4.49. The van der Waals surface area contributed by atoms with Crippen LogP contribution in [0.4, 0.5) is 0 Å². The zero-order valence-corrected chi connectivity index (χ0v) is 10.9. The van der Waals surface area contributed by atoms with Crippen molar-refractivity contribution in [2.45, 2.75) is 66.4 Å². The molecule has 0 aromatic rings. The van der Waals surface area contributed by atoms with Gasteiger partial charge in [0, 0.05) is 5.41 Å². The molecule has 88 valence electrons. The lowest BCUT2D eigenvalue weighted by Gasteiger charge is -2.35. The van der Waals surface area contributed by atoms with Crippen LogP contribution in [0.25, 0.3) is 0 Å². The summed E-state index contributed by atoms with van der Waals surface area (Å²) in [5, 5.41) is 10.1. The second-order valence-corrected chi connectivity index (χ2v) is 5.44. The van der Waals surface area contributed by atoms with Crippen LogP contribution < -0.4 is 0 Å². The van der Waals surface area contributed by atoms with E-state index in [9.17, 15) is 5.11 Å². The molecule has 0 aromatic heterocycles. The molecular weight excluding hydrogens is 184 g/mol. The van der Waals surface area contributed by atoms with Crippen LogP contribution in [-0.2, 0) is 0 Å². The van der Waals surface area contributed by atoms with E-state index in [2.05, 4.69) is 27.7 Å². The van der Waals surface area contributed by atoms with Crippen molar-refractivity contribution in [2.75, 3.05) is 0 Å². The van der Waals surface area contributed by atoms with E-state index >= 15 is 0 Å². The Bertz CT molecular complexity index is 252. The number of allylic oxidation sites excluding steroid dienone is 1. The summed E-state index contributed by atoms with van der Waals surface area (Å²) >= 11 is 0. The van der Waals surface area contributed by atoms with E-state index in [4.69, 9.17) is 0 Å². The van der Waals surface area contributed by atoms with E-state index < -0.39 is 0 Å². The summed E-state index contributed by atoms with van der Waals surface area (Å²) in [7, 11) is 0. The smallest absolute Gasteiger partial charge is 0.0605 e. The van der Waals surface area contributed by atoms with Gasteiger partial charge in [0.15, 0.2) is 0 Å². The number of aliphatic hydroxyl groups is 1. The lowest BCUT2D eigenvalue weighted by Crippen LogP contribution is -2.32. The minimum absolute atomic E-state index is 0.0828. The van der Waals surface area contributed by atoms with E-state index in [0.717, 1.165) is 25.2 Å². The molecular formula is C14H26O. The maximum Gasteiger partial charge on any atom is 0.0605 e. The average Bonchev–Trinajstić information content (AvgIpc) is 2.59. The number of aliphatic hydroxyl groups excluding tert-OH is 1. The van der Waals surface area contributed by atoms with Crippen LogP contribution in [0.2, 0.25) is 0 Å². The molecule has 0 aliphatic heterocycles. The van der Waals surface area contributed by atoms with E-state index in [1.165, 1.54) is 17.6 Å². The summed E-state index contributed by atoms with van der Waals surface area (Å²) in [5.74, 6) is 0.763. The molecule has 0 radical (unpaired) electrons. The van der Waals surface area contributed by atoms with Crippen LogP contribution in [0, 0.1) is 11.3 Å². The Kier molecular flexibility index (Phi) is 3.99. The zero-order chi connectivity index (χ0) is 11.6. The third-order valence-corrected chi connectivity index (χ3v) is 4.51. The maximum absolute atomic E-state index is 10.1. The van der Waals surface area contributed by atoms with Crippen molar-refractivity contribution in [3.05, 3.63) is 11.1 Å². The summed E-state index contributed by atoms with van der Waals surface area (Å²) in [6, 6.07) is 0. The predicted octanol–water partition coefficient (Wildman–Crippen LogP) is 3.92. The first kappa shape index (κ1) is 12.8. The van der Waals surface area contributed by atoms with Crippen molar-refractivity contribution < 1.29 is 5.11 Å². The number of hydrogen-bond donors (Lipinski definition) is 1. The molecule has 1 fully saturated rings. The molecule has 1 heteroatoms. The largest absolute Gasteiger partial charge is 0.393 e. The fourth-order valence-electron chi connectivity index (χ4n) is 3.05. The molecule has 3 atom stereocenters. The van der Waals surface area contributed by atoms with E-state index in [1.807, 2.05) is 6.92 Å². The Hall–Kier alpha value is -0.300. The molecule has 3 unspecified atom stereocenters. The van der Waals surface area contributed by atoms with Gasteiger partial charge >= 0.3 is 0 Å². The second-order valence-electron chi connectivity index (χ2n) is 5.44. The van der Waals surface area contributed by atoms with Crippen molar-refractivity contribution in [1.82, 2.24) is 0 Å². The molecule has 1 nitrogen and oxygen atoms in total. The van der Waals surface area contributed by atoms with Gasteiger partial charge in [-0.05, 0) is 52.4 Å². The Morgan fingerprint density at radius 2 is 2.07 bits per heavy atom. The monoisotopic (exact) mass is 210 g/mol. The topological polar surface area (TPSA) is 20.2 Å². The highest BCUT2D eigenvalue weighted by atomic mass is 16.3. The first-order chi connectivity index (χ1) is 6.94. The lowest BCUT2D eigenvalue weighted by molar-refractivity contribution is 0.0671. The average molecular weight is 210 g/mol. The van der Waals surface area contributed by atoms with Gasteiger partial charge in [-0.1, -0.05) is 25.0 Å². The Morgan fingerprint density at radius 1 is 1.47 bits per heavy atom. The quantitative estimate of drug-likeness (QED) is 0.700. The number of hydrogen-bond acceptors (Lipinski definition) is 1. The highest BCUT2D eigenvalue weighted by Gasteiger charge is 2.43. The highest BCUT2D eigenvalue weighted by Crippen LogP contribution is 2.50. The van der Waals surface area contributed by atoms with Crippen molar-refractivity contribution in [2.24, 2.45) is 11.3 Å². The normalized spacial score (nSPS) is 35.2. The molecule has 0 saturated heterocycles. The van der Waals surface area contributed by atoms with Crippen molar-refractivity contribution in [3.63, 3.8) is 0 Å². The molecule has 0 aromatic carbocycles. The molecule has 1 aliphatic carbocycles. The SMILES string of the molecule is CC/C(C)=C(/C)C1(C(C)O)CCC(C)C1. The van der Waals surface area contributed by atoms with Gasteiger partial charge in [0.2, 0.25) is 0 Å². The molecule has 0 heterocycles. The van der Waals surface area contributed by atoms with Gasteiger partial charge < -0.3 is 5.11 Å². The van der Waals surface area contributed by atoms with E-state index in [0.29, 0.717) is 0 Å². The van der Waals surface area contributed by atoms with Crippen molar-refractivity contribution in [1.29, 1.82) is 0 Å². The van der Waals surface area contributed by atoms with Crippen LogP contribution in [0.5, 0.6) is 0 Å². The first-order valence-corrected chi connectivity index (χ1v) is 6.29. The Labute approximate surface area is 94.6 Å². The second kappa shape index (κ2) is 4.69. The summed E-state index contributed by atoms with van der Waals surface area (Å²) in [6.45, 7) is 10.9. The standard InChI is InChI=1S/C14H26O/c1-6-11(3)12(4)14(13(5)15)8-7-10(2)9-14/h10,13,15H,6-9H2,1-5H3/b12-11-. The fraction of sp³-hybridized carbons (Fsp3) is 0.857. The summed E-state index contributed by atoms with van der Waals surface area (Å²) < 4.78 is 0. The van der Waals surface area contributed by atoms with Crippen LogP contribution in [-0.4, -0.2) is 11.2 Å². The summed E-state index contributed by atoms with van der Waals surface area (Å²) in [4.78, 5) is 0. The molecule has 15 heavy (non-hydrogen) atoms. The minimum atomic E-state index is -0.205. The van der Waals surface area contributed by atoms with Crippen LogP contribution >= 0.6 is 0 Å². The Balaban J connectivity index is 3.03. The highest BCUT2D eigenvalue weighted by molar-refractivity contribution is 5.22. The van der Waals surface area contributed by atoms with E-state index in [1.54, 1.807) is 0 Å². The van der Waals surface area contributed by atoms with Crippen LogP contribution in [0.3, 0.4) is 0 Å². The molecule has 1 saturated carbocycles. The maximum atomic E-state index is 10.1. The number of rotatable bonds is 3. The molecule has 0 spiro atoms. The molecule has 1 N–H and O–H groups in total. The van der Waals surface area contributed by atoms with Gasteiger partial charge in [-0.25, -0.2) is 0 Å². The van der Waals surface area contributed by atoms with Crippen LogP contribution in [0.15, 0.2) is 11.1 Å². The minimum Gasteiger partial charge on any atom is -0.393 e. The van der Waals surface area contributed by atoms with Crippen LogP contribution in [0.1, 0.15) is 60.3 Å². The third-order valence-electron chi connectivity index (χ3n) is 4.51. The van der Waals surface area contributed by atoms with Crippen molar-refractivity contribution in [3.8, 4) is 0 Å². The van der Waals surface area contributed by atoms with Gasteiger partial charge in [-0.15, -0.1) is 0 Å². The third kappa shape index (κ3) is 2.28. The van der Waals surface area contributed by atoms with Gasteiger partial charge in [0.05, 0.1) is 6.10 Å². The first-order valence-electron chi connectivity index (χ1n) is 6.29. The fourth-order valence-corrected chi connectivity index (χ4v) is 3.05. The zero-order valence-electron chi connectivity index (χ0n) is 10.9. The molecule has 0 amide bonds. The predicted molar refractivity (Wildman–Crippen MR) is 65.8 cm³/mol. The van der Waals surface area contributed by atoms with Gasteiger partial charge in [0.1, 0.15) is 0 Å². The van der Waals surface area contributed by atoms with Gasteiger partial charge in [0.25, 0.3) is 0 Å². The summed E-state index contributed by atoms with van der Waals surface area (Å²) in [5.41, 5.74) is 2.99.